The molecule has 0 atom stereocenters. The van der Waals surface area contributed by atoms with Gasteiger partial charge in [-0.3, -0.25) is 0 Å². The molecule has 0 saturated carbocycles. The molecule has 0 saturated heterocycles. The topological polar surface area (TPSA) is 52.0 Å². The number of nitrogens with two attached hydrogens (primary N) is 2. The van der Waals surface area contributed by atoms with Crippen LogP contribution in [0.15, 0.2) is 72.8 Å². The minimum atomic E-state index is -0.778. The van der Waals surface area contributed by atoms with Gasteiger partial charge in [0.25, 0.3) is 0 Å². The molecule has 0 heterocycles. The number of halogens is 2. The van der Waals surface area contributed by atoms with Gasteiger partial charge in [0, 0.05) is 11.4 Å². The van der Waals surface area contributed by atoms with Crippen LogP contribution in [0.1, 0.15) is 72.2 Å². The van der Waals surface area contributed by atoms with Crippen molar-refractivity contribution in [2.75, 3.05) is 11.5 Å². The van der Waals surface area contributed by atoms with E-state index in [1.165, 1.54) is 0 Å². The van der Waals surface area contributed by atoms with Crippen LogP contribution in [0.5, 0.6) is 0 Å². The van der Waals surface area contributed by atoms with E-state index >= 15 is 0 Å². The zero-order chi connectivity index (χ0) is 26.7. The SMILES string of the molecule is CCc1cc(C(c2ccccc2)(c2ccccc2)c2cc(CC)c(N)c(CC)c2Cl)c(Cl)c(CC)c1N. The minimum absolute atomic E-state index is 0.689. The molecule has 4 heteroatoms. The van der Waals surface area contributed by atoms with Crippen LogP contribution in [0.4, 0.5) is 11.4 Å². The van der Waals surface area contributed by atoms with E-state index in [0.29, 0.717) is 10.0 Å². The lowest BCUT2D eigenvalue weighted by molar-refractivity contribution is 0.738. The summed E-state index contributed by atoms with van der Waals surface area (Å²) in [5, 5.41) is 1.38. The predicted molar refractivity (Wildman–Crippen MR) is 161 cm³/mol. The summed E-state index contributed by atoms with van der Waals surface area (Å²) in [6.07, 6.45) is 3.08. The van der Waals surface area contributed by atoms with E-state index in [2.05, 4.69) is 88.4 Å². The van der Waals surface area contributed by atoms with Crippen molar-refractivity contribution in [2.24, 2.45) is 0 Å². The Hall–Kier alpha value is -2.94. The lowest BCUT2D eigenvalue weighted by Crippen LogP contribution is -2.33. The lowest BCUT2D eigenvalue weighted by atomic mass is 9.63. The molecule has 0 amide bonds. The van der Waals surface area contributed by atoms with Gasteiger partial charge in [-0.2, -0.15) is 0 Å². The highest BCUT2D eigenvalue weighted by atomic mass is 35.5. The van der Waals surface area contributed by atoms with Gasteiger partial charge < -0.3 is 11.5 Å². The fourth-order valence-corrected chi connectivity index (χ4v) is 6.58. The largest absolute Gasteiger partial charge is 0.398 e. The molecule has 0 bridgehead atoms. The van der Waals surface area contributed by atoms with Gasteiger partial charge in [0.05, 0.1) is 15.5 Å². The van der Waals surface area contributed by atoms with Crippen LogP contribution >= 0.6 is 23.2 Å². The Bertz CT molecular complexity index is 1290. The average Bonchev–Trinajstić information content (AvgIpc) is 2.93. The van der Waals surface area contributed by atoms with Gasteiger partial charge in [-0.15, -0.1) is 0 Å². The maximum absolute atomic E-state index is 7.36. The number of hydrogen-bond acceptors (Lipinski definition) is 2. The lowest BCUT2D eigenvalue weighted by Gasteiger charge is -2.40. The van der Waals surface area contributed by atoms with Gasteiger partial charge in [-0.1, -0.05) is 124 Å². The molecule has 2 nitrogen and oxygen atoms in total. The van der Waals surface area contributed by atoms with Crippen molar-refractivity contribution in [3.05, 3.63) is 127 Å². The maximum Gasteiger partial charge on any atom is 0.0730 e. The molecule has 4 aromatic rings. The summed E-state index contributed by atoms with van der Waals surface area (Å²) in [5.41, 5.74) is 22.4. The van der Waals surface area contributed by atoms with Crippen molar-refractivity contribution < 1.29 is 0 Å². The van der Waals surface area contributed by atoms with Crippen molar-refractivity contribution in [3.8, 4) is 0 Å². The summed E-state index contributed by atoms with van der Waals surface area (Å²) in [6, 6.07) is 25.4. The molecule has 0 fully saturated rings. The summed E-state index contributed by atoms with van der Waals surface area (Å²) in [4.78, 5) is 0. The minimum Gasteiger partial charge on any atom is -0.398 e. The van der Waals surface area contributed by atoms with Gasteiger partial charge in [-0.25, -0.2) is 0 Å². The van der Waals surface area contributed by atoms with Gasteiger partial charge in [0.1, 0.15) is 0 Å². The van der Waals surface area contributed by atoms with Crippen molar-refractivity contribution in [1.29, 1.82) is 0 Å². The van der Waals surface area contributed by atoms with E-state index in [1.54, 1.807) is 0 Å². The Morgan fingerprint density at radius 1 is 0.568 bits per heavy atom. The molecule has 4 rings (SSSR count). The van der Waals surface area contributed by atoms with E-state index in [4.69, 9.17) is 34.7 Å². The van der Waals surface area contributed by atoms with E-state index < -0.39 is 5.41 Å². The van der Waals surface area contributed by atoms with Crippen molar-refractivity contribution >= 4 is 34.6 Å². The molecule has 0 spiro atoms. The Labute approximate surface area is 231 Å². The first-order valence-corrected chi connectivity index (χ1v) is 13.9. The molecule has 0 radical (unpaired) electrons. The normalized spacial score (nSPS) is 11.6. The standard InChI is InChI=1S/C33H36Cl2N2/c1-5-21-19-27(29(34)25(7-3)31(21)36)33(23-15-11-9-12-16-23,24-17-13-10-14-18-24)28-20-22(6-2)32(37)26(8-4)30(28)35/h9-20H,5-8,36-37H2,1-4H3. The Morgan fingerprint density at radius 2 is 0.919 bits per heavy atom. The third-order valence-electron chi connectivity index (χ3n) is 7.67. The third-order valence-corrected chi connectivity index (χ3v) is 8.54. The van der Waals surface area contributed by atoms with E-state index in [-0.39, 0.29) is 0 Å². The average molecular weight is 532 g/mol. The molecule has 0 aromatic heterocycles. The zero-order valence-corrected chi connectivity index (χ0v) is 23.7. The van der Waals surface area contributed by atoms with E-state index in [9.17, 15) is 0 Å². The Morgan fingerprint density at radius 3 is 1.22 bits per heavy atom. The van der Waals surface area contributed by atoms with Crippen molar-refractivity contribution in [1.82, 2.24) is 0 Å². The number of benzene rings is 4. The fraction of sp³-hybridized carbons (Fsp3) is 0.273. The number of nitrogen functional groups attached to an aromatic ring is 2. The molecular weight excluding hydrogens is 495 g/mol. The van der Waals surface area contributed by atoms with Crippen LogP contribution in [0.2, 0.25) is 10.0 Å². The quantitative estimate of drug-likeness (QED) is 0.176. The molecule has 0 aliphatic carbocycles. The van der Waals surface area contributed by atoms with Crippen LogP contribution in [-0.2, 0) is 31.1 Å². The smallest absolute Gasteiger partial charge is 0.0730 e. The predicted octanol–water partition coefficient (Wildman–Crippen LogP) is 8.79. The first-order valence-electron chi connectivity index (χ1n) is 13.2. The van der Waals surface area contributed by atoms with Gasteiger partial charge in [-0.05, 0) is 70.2 Å². The fourth-order valence-electron chi connectivity index (χ4n) is 5.71. The molecule has 37 heavy (non-hydrogen) atoms. The maximum atomic E-state index is 7.36. The van der Waals surface area contributed by atoms with E-state index in [0.717, 1.165) is 81.6 Å². The summed E-state index contributed by atoms with van der Waals surface area (Å²) in [7, 11) is 0. The molecule has 0 unspecified atom stereocenters. The molecule has 192 valence electrons. The summed E-state index contributed by atoms with van der Waals surface area (Å²) < 4.78 is 0. The van der Waals surface area contributed by atoms with Crippen LogP contribution in [-0.4, -0.2) is 0 Å². The Kier molecular flexibility index (Phi) is 8.21. The summed E-state index contributed by atoms with van der Waals surface area (Å²) in [5.74, 6) is 0. The van der Waals surface area contributed by atoms with Gasteiger partial charge >= 0.3 is 0 Å². The third kappa shape index (κ3) is 4.41. The van der Waals surface area contributed by atoms with Crippen LogP contribution in [0.3, 0.4) is 0 Å². The number of aryl methyl sites for hydroxylation is 2. The molecular formula is C33H36Cl2N2. The zero-order valence-electron chi connectivity index (χ0n) is 22.2. The molecule has 4 N–H and O–H groups in total. The molecule has 0 aliphatic heterocycles. The molecule has 0 aliphatic rings. The van der Waals surface area contributed by atoms with E-state index in [1.807, 2.05) is 12.1 Å². The van der Waals surface area contributed by atoms with Crippen molar-refractivity contribution in [3.63, 3.8) is 0 Å². The monoisotopic (exact) mass is 530 g/mol. The summed E-state index contributed by atoms with van der Waals surface area (Å²) >= 11 is 14.7. The first kappa shape index (κ1) is 27.1. The van der Waals surface area contributed by atoms with Crippen LogP contribution < -0.4 is 11.5 Å². The second-order valence-corrected chi connectivity index (χ2v) is 10.2. The van der Waals surface area contributed by atoms with Gasteiger partial charge in [0.2, 0.25) is 0 Å². The second-order valence-electron chi connectivity index (χ2n) is 9.48. The molecule has 4 aromatic carbocycles. The highest BCUT2D eigenvalue weighted by Crippen LogP contribution is 2.53. The first-order chi connectivity index (χ1) is 17.9. The van der Waals surface area contributed by atoms with Gasteiger partial charge in [0.15, 0.2) is 0 Å². The summed E-state index contributed by atoms with van der Waals surface area (Å²) in [6.45, 7) is 8.48. The Balaban J connectivity index is 2.33. The highest BCUT2D eigenvalue weighted by molar-refractivity contribution is 6.34. The van der Waals surface area contributed by atoms with Crippen LogP contribution in [0, 0.1) is 0 Å². The number of rotatable bonds is 8. The highest BCUT2D eigenvalue weighted by Gasteiger charge is 2.43. The number of anilines is 2. The van der Waals surface area contributed by atoms with Crippen LogP contribution in [0.25, 0.3) is 0 Å². The van der Waals surface area contributed by atoms with Crippen molar-refractivity contribution in [2.45, 2.75) is 58.8 Å². The number of hydrogen-bond donors (Lipinski definition) is 2. The second kappa shape index (κ2) is 11.2.